The molecule has 0 spiro atoms. The minimum Gasteiger partial charge on any atom is -0.308 e. The average Bonchev–Trinajstić information content (AvgIpc) is 2.46. The first-order valence-corrected chi connectivity index (χ1v) is 6.47. The van der Waals surface area contributed by atoms with E-state index in [9.17, 15) is 18.0 Å². The molecular weight excluding hydrogens is 279 g/mol. The molecule has 2 nitrogen and oxygen atoms in total. The van der Waals surface area contributed by atoms with Crippen molar-refractivity contribution >= 4 is 11.6 Å². The normalized spacial score (nSPS) is 10.5. The van der Waals surface area contributed by atoms with Crippen molar-refractivity contribution in [1.82, 2.24) is 0 Å². The van der Waals surface area contributed by atoms with Crippen LogP contribution in [0.1, 0.15) is 22.8 Å². The third-order valence-corrected chi connectivity index (χ3v) is 3.20. The van der Waals surface area contributed by atoms with Gasteiger partial charge in [0.15, 0.2) is 17.5 Å². The summed E-state index contributed by atoms with van der Waals surface area (Å²) >= 11 is 0. The number of aryl methyl sites for hydroxylation is 1. The average molecular weight is 293 g/mol. The SMILES string of the molecule is CCN(C(=O)c1cc(F)c(F)c(F)c1)c1ccccc1C. The van der Waals surface area contributed by atoms with Gasteiger partial charge in [0.2, 0.25) is 0 Å². The highest BCUT2D eigenvalue weighted by molar-refractivity contribution is 6.06. The van der Waals surface area contributed by atoms with Gasteiger partial charge >= 0.3 is 0 Å². The Bertz CT molecular complexity index is 662. The van der Waals surface area contributed by atoms with Gasteiger partial charge in [-0.05, 0) is 37.6 Å². The van der Waals surface area contributed by atoms with Crippen molar-refractivity contribution in [1.29, 1.82) is 0 Å². The van der Waals surface area contributed by atoms with E-state index in [1.165, 1.54) is 4.90 Å². The zero-order chi connectivity index (χ0) is 15.6. The zero-order valence-electron chi connectivity index (χ0n) is 11.7. The smallest absolute Gasteiger partial charge is 0.258 e. The number of hydrogen-bond acceptors (Lipinski definition) is 1. The molecule has 0 radical (unpaired) electrons. The number of para-hydroxylation sites is 1. The van der Waals surface area contributed by atoms with Crippen molar-refractivity contribution in [2.75, 3.05) is 11.4 Å². The van der Waals surface area contributed by atoms with Crippen molar-refractivity contribution in [2.45, 2.75) is 13.8 Å². The van der Waals surface area contributed by atoms with Crippen LogP contribution in [-0.2, 0) is 0 Å². The molecule has 0 heterocycles. The highest BCUT2D eigenvalue weighted by atomic mass is 19.2. The number of amides is 1. The topological polar surface area (TPSA) is 20.3 Å². The zero-order valence-corrected chi connectivity index (χ0v) is 11.7. The van der Waals surface area contributed by atoms with Gasteiger partial charge in [0, 0.05) is 17.8 Å². The molecule has 2 aromatic carbocycles. The summed E-state index contributed by atoms with van der Waals surface area (Å²) in [6.07, 6.45) is 0. The van der Waals surface area contributed by atoms with Crippen LogP contribution in [0.5, 0.6) is 0 Å². The fraction of sp³-hybridized carbons (Fsp3) is 0.188. The lowest BCUT2D eigenvalue weighted by Crippen LogP contribution is -2.31. The van der Waals surface area contributed by atoms with Crippen LogP contribution < -0.4 is 4.90 Å². The third-order valence-electron chi connectivity index (χ3n) is 3.20. The second-order valence-electron chi connectivity index (χ2n) is 4.59. The molecule has 0 aliphatic heterocycles. The minimum atomic E-state index is -1.58. The molecule has 2 rings (SSSR count). The number of anilines is 1. The second-order valence-corrected chi connectivity index (χ2v) is 4.59. The van der Waals surface area contributed by atoms with Crippen LogP contribution >= 0.6 is 0 Å². The number of benzene rings is 2. The summed E-state index contributed by atoms with van der Waals surface area (Å²) < 4.78 is 39.5. The van der Waals surface area contributed by atoms with E-state index in [4.69, 9.17) is 0 Å². The van der Waals surface area contributed by atoms with Gasteiger partial charge in [-0.1, -0.05) is 18.2 Å². The van der Waals surface area contributed by atoms with Gasteiger partial charge in [-0.25, -0.2) is 13.2 Å². The van der Waals surface area contributed by atoms with E-state index in [1.807, 2.05) is 19.1 Å². The van der Waals surface area contributed by atoms with Gasteiger partial charge in [0.05, 0.1) is 0 Å². The third kappa shape index (κ3) is 2.91. The molecule has 110 valence electrons. The summed E-state index contributed by atoms with van der Waals surface area (Å²) in [5.74, 6) is -4.91. The Morgan fingerprint density at radius 3 is 2.19 bits per heavy atom. The molecule has 1 amide bonds. The lowest BCUT2D eigenvalue weighted by atomic mass is 10.1. The molecule has 2 aromatic rings. The number of hydrogen-bond donors (Lipinski definition) is 0. The molecule has 0 saturated heterocycles. The van der Waals surface area contributed by atoms with Crippen molar-refractivity contribution in [3.63, 3.8) is 0 Å². The lowest BCUT2D eigenvalue weighted by Gasteiger charge is -2.23. The predicted octanol–water partition coefficient (Wildman–Crippen LogP) is 4.08. The van der Waals surface area contributed by atoms with Gasteiger partial charge in [0.1, 0.15) is 0 Å². The van der Waals surface area contributed by atoms with Gasteiger partial charge < -0.3 is 4.90 Å². The number of rotatable bonds is 3. The predicted molar refractivity (Wildman–Crippen MR) is 74.8 cm³/mol. The first-order chi connectivity index (χ1) is 9.95. The number of carbonyl (C=O) groups excluding carboxylic acids is 1. The fourth-order valence-electron chi connectivity index (χ4n) is 2.12. The summed E-state index contributed by atoms with van der Waals surface area (Å²) in [6, 6.07) is 8.59. The van der Waals surface area contributed by atoms with Gasteiger partial charge in [0.25, 0.3) is 5.91 Å². The van der Waals surface area contributed by atoms with E-state index in [0.717, 1.165) is 5.56 Å². The summed E-state index contributed by atoms with van der Waals surface area (Å²) in [6.45, 7) is 3.90. The Balaban J connectivity index is 2.44. The molecule has 5 heteroatoms. The van der Waals surface area contributed by atoms with Crippen molar-refractivity contribution in [2.24, 2.45) is 0 Å². The minimum absolute atomic E-state index is 0.225. The maximum atomic E-state index is 13.3. The van der Waals surface area contributed by atoms with E-state index in [2.05, 4.69) is 0 Å². The molecule has 0 aliphatic rings. The van der Waals surface area contributed by atoms with Crippen molar-refractivity contribution in [3.05, 3.63) is 65.0 Å². The second kappa shape index (κ2) is 5.99. The highest BCUT2D eigenvalue weighted by Gasteiger charge is 2.21. The molecule has 0 aromatic heterocycles. The van der Waals surface area contributed by atoms with Crippen molar-refractivity contribution in [3.8, 4) is 0 Å². The molecule has 0 unspecified atom stereocenters. The Morgan fingerprint density at radius 2 is 1.67 bits per heavy atom. The molecule has 21 heavy (non-hydrogen) atoms. The Morgan fingerprint density at radius 1 is 1.10 bits per heavy atom. The van der Waals surface area contributed by atoms with Gasteiger partial charge in [-0.15, -0.1) is 0 Å². The molecule has 0 atom stereocenters. The Labute approximate surface area is 120 Å². The van der Waals surface area contributed by atoms with E-state index in [-0.39, 0.29) is 5.56 Å². The summed E-state index contributed by atoms with van der Waals surface area (Å²) in [4.78, 5) is 13.8. The summed E-state index contributed by atoms with van der Waals surface area (Å²) in [5, 5.41) is 0. The maximum Gasteiger partial charge on any atom is 0.258 e. The Kier molecular flexibility index (Phi) is 4.31. The van der Waals surface area contributed by atoms with Crippen LogP contribution in [0.4, 0.5) is 18.9 Å². The molecule has 0 fully saturated rings. The molecule has 0 saturated carbocycles. The largest absolute Gasteiger partial charge is 0.308 e. The standard InChI is InChI=1S/C16H14F3NO/c1-3-20(14-7-5-4-6-10(14)2)16(21)11-8-12(17)15(19)13(18)9-11/h4-9H,3H2,1-2H3. The molecule has 0 bridgehead atoms. The van der Waals surface area contributed by atoms with E-state index in [0.29, 0.717) is 24.4 Å². The first kappa shape index (κ1) is 15.1. The van der Waals surface area contributed by atoms with Crippen LogP contribution in [0.25, 0.3) is 0 Å². The van der Waals surface area contributed by atoms with E-state index in [1.54, 1.807) is 19.1 Å². The van der Waals surface area contributed by atoms with E-state index >= 15 is 0 Å². The lowest BCUT2D eigenvalue weighted by molar-refractivity contribution is 0.0987. The van der Waals surface area contributed by atoms with E-state index < -0.39 is 23.4 Å². The van der Waals surface area contributed by atoms with Crippen LogP contribution in [0, 0.1) is 24.4 Å². The maximum absolute atomic E-state index is 13.3. The number of carbonyl (C=O) groups is 1. The van der Waals surface area contributed by atoms with Crippen molar-refractivity contribution < 1.29 is 18.0 Å². The molecular formula is C16H14F3NO. The molecule has 0 N–H and O–H groups in total. The van der Waals surface area contributed by atoms with Crippen LogP contribution in [-0.4, -0.2) is 12.5 Å². The summed E-state index contributed by atoms with van der Waals surface area (Å²) in [7, 11) is 0. The Hall–Kier alpha value is -2.30. The monoisotopic (exact) mass is 293 g/mol. The van der Waals surface area contributed by atoms with Gasteiger partial charge in [-0.3, -0.25) is 4.79 Å². The van der Waals surface area contributed by atoms with Gasteiger partial charge in [-0.2, -0.15) is 0 Å². The highest BCUT2D eigenvalue weighted by Crippen LogP contribution is 2.22. The van der Waals surface area contributed by atoms with Crippen LogP contribution in [0.15, 0.2) is 36.4 Å². The summed E-state index contributed by atoms with van der Waals surface area (Å²) in [5.41, 5.74) is 1.28. The first-order valence-electron chi connectivity index (χ1n) is 6.47. The van der Waals surface area contributed by atoms with Crippen LogP contribution in [0.2, 0.25) is 0 Å². The number of nitrogens with zero attached hydrogens (tertiary/aromatic N) is 1. The fourth-order valence-corrected chi connectivity index (χ4v) is 2.12. The number of halogens is 3. The molecule has 0 aliphatic carbocycles. The van der Waals surface area contributed by atoms with Crippen LogP contribution in [0.3, 0.4) is 0 Å². The quantitative estimate of drug-likeness (QED) is 0.781.